The number of benzene rings is 2. The number of carbonyl (C=O) groups excluding carboxylic acids is 1. The van der Waals surface area contributed by atoms with Gasteiger partial charge < -0.3 is 20.4 Å². The Bertz CT molecular complexity index is 782. The molecule has 0 spiro atoms. The molecule has 3 N–H and O–H groups in total. The minimum Gasteiger partial charge on any atom is -0.481 e. The van der Waals surface area contributed by atoms with Gasteiger partial charge in [-0.3, -0.25) is 9.59 Å². The van der Waals surface area contributed by atoms with Crippen molar-refractivity contribution in [2.75, 3.05) is 38.5 Å². The van der Waals surface area contributed by atoms with E-state index in [9.17, 15) is 4.79 Å². The van der Waals surface area contributed by atoms with E-state index in [-0.39, 0.29) is 12.5 Å². The quantitative estimate of drug-likeness (QED) is 0.610. The summed E-state index contributed by atoms with van der Waals surface area (Å²) < 4.78 is 0. The van der Waals surface area contributed by atoms with Gasteiger partial charge in [0.15, 0.2) is 0 Å². The number of thioether (sulfide) groups is 1. The highest BCUT2D eigenvalue weighted by atomic mass is 32.2. The Labute approximate surface area is 182 Å². The lowest BCUT2D eigenvalue weighted by atomic mass is 10.0. The van der Waals surface area contributed by atoms with Gasteiger partial charge in [0, 0.05) is 43.6 Å². The maximum absolute atomic E-state index is 12.6. The van der Waals surface area contributed by atoms with E-state index in [1.807, 2.05) is 29.2 Å². The molecular formula is C23H30N2O4S. The molecule has 7 heteroatoms. The van der Waals surface area contributed by atoms with E-state index < -0.39 is 5.97 Å². The van der Waals surface area contributed by atoms with E-state index in [1.54, 1.807) is 11.8 Å². The van der Waals surface area contributed by atoms with Crippen LogP contribution in [0.2, 0.25) is 0 Å². The Kier molecular flexibility index (Phi) is 10.4. The van der Waals surface area contributed by atoms with Gasteiger partial charge >= 0.3 is 0 Å². The molecule has 2 aromatic rings. The third-order valence-corrected chi connectivity index (χ3v) is 5.56. The van der Waals surface area contributed by atoms with Gasteiger partial charge in [0.05, 0.1) is 6.61 Å². The maximum Gasteiger partial charge on any atom is 0.300 e. The van der Waals surface area contributed by atoms with Crippen LogP contribution in [-0.4, -0.2) is 65.5 Å². The normalized spacial score (nSPS) is 13.7. The molecule has 6 nitrogen and oxygen atoms in total. The van der Waals surface area contributed by atoms with E-state index in [4.69, 9.17) is 15.0 Å². The van der Waals surface area contributed by atoms with Crippen molar-refractivity contribution in [3.63, 3.8) is 0 Å². The van der Waals surface area contributed by atoms with Crippen molar-refractivity contribution in [2.45, 2.75) is 19.1 Å². The van der Waals surface area contributed by atoms with Crippen LogP contribution in [0, 0.1) is 0 Å². The topological polar surface area (TPSA) is 89.9 Å². The number of nitrogens with one attached hydrogen (secondary N) is 1. The number of carboxylic acids is 1. The van der Waals surface area contributed by atoms with Crippen LogP contribution in [0.5, 0.6) is 0 Å². The number of carbonyl (C=O) groups is 2. The summed E-state index contributed by atoms with van der Waals surface area (Å²) >= 11 is 1.73. The molecule has 2 aromatic carbocycles. The Morgan fingerprint density at radius 2 is 1.60 bits per heavy atom. The molecule has 1 aliphatic rings. The second-order valence-electron chi connectivity index (χ2n) is 6.97. The molecule has 3 rings (SSSR count). The number of hydrogen-bond acceptors (Lipinski definition) is 5. The van der Waals surface area contributed by atoms with Crippen LogP contribution in [0.25, 0.3) is 11.1 Å². The summed E-state index contributed by atoms with van der Waals surface area (Å²) in [7, 11) is 0. The zero-order valence-electron chi connectivity index (χ0n) is 17.3. The molecule has 1 aliphatic heterocycles. The molecule has 0 radical (unpaired) electrons. The largest absolute Gasteiger partial charge is 0.481 e. The first-order valence-corrected chi connectivity index (χ1v) is 11.2. The maximum atomic E-state index is 12.6. The highest BCUT2D eigenvalue weighted by Gasteiger charge is 2.16. The third kappa shape index (κ3) is 8.18. The van der Waals surface area contributed by atoms with Crippen molar-refractivity contribution in [1.29, 1.82) is 0 Å². The average Bonchev–Trinajstić information content (AvgIpc) is 3.03. The minimum atomic E-state index is -0.833. The number of nitrogens with zero attached hydrogens (tertiary/aromatic N) is 1. The van der Waals surface area contributed by atoms with Crippen LogP contribution in [0.1, 0.15) is 29.3 Å². The smallest absolute Gasteiger partial charge is 0.300 e. The molecule has 30 heavy (non-hydrogen) atoms. The number of aliphatic hydroxyl groups excluding tert-OH is 1. The number of aliphatic hydroxyl groups is 1. The molecule has 0 saturated carbocycles. The Morgan fingerprint density at radius 3 is 2.20 bits per heavy atom. The van der Waals surface area contributed by atoms with Crippen molar-refractivity contribution in [2.24, 2.45) is 0 Å². The fraction of sp³-hybridized carbons (Fsp3) is 0.391. The summed E-state index contributed by atoms with van der Waals surface area (Å²) in [4.78, 5) is 23.6. The number of aliphatic carboxylic acids is 1. The van der Waals surface area contributed by atoms with Gasteiger partial charge in [-0.1, -0.05) is 36.4 Å². The molecule has 1 amide bonds. The lowest BCUT2D eigenvalue weighted by Crippen LogP contribution is -2.34. The van der Waals surface area contributed by atoms with Crippen LogP contribution in [0.15, 0.2) is 48.5 Å². The third-order valence-electron chi connectivity index (χ3n) is 4.55. The van der Waals surface area contributed by atoms with Gasteiger partial charge in [-0.2, -0.15) is 11.8 Å². The van der Waals surface area contributed by atoms with Gasteiger partial charge in [-0.05, 0) is 41.8 Å². The van der Waals surface area contributed by atoms with Crippen LogP contribution < -0.4 is 5.32 Å². The zero-order valence-corrected chi connectivity index (χ0v) is 18.2. The second-order valence-corrected chi connectivity index (χ2v) is 8.07. The molecule has 0 unspecified atom stereocenters. The van der Waals surface area contributed by atoms with Crippen LogP contribution in [0.4, 0.5) is 0 Å². The van der Waals surface area contributed by atoms with E-state index >= 15 is 0 Å². The molecule has 1 saturated heterocycles. The lowest BCUT2D eigenvalue weighted by Gasteiger charge is -2.20. The molecule has 1 heterocycles. The first kappa shape index (κ1) is 23.9. The molecule has 0 aromatic heterocycles. The summed E-state index contributed by atoms with van der Waals surface area (Å²) in [6, 6.07) is 16.4. The van der Waals surface area contributed by atoms with Crippen molar-refractivity contribution in [1.82, 2.24) is 10.2 Å². The van der Waals surface area contributed by atoms with E-state index in [2.05, 4.69) is 29.6 Å². The van der Waals surface area contributed by atoms with Crippen molar-refractivity contribution >= 4 is 23.6 Å². The van der Waals surface area contributed by atoms with Crippen molar-refractivity contribution in [3.8, 4) is 11.1 Å². The molecule has 0 aliphatic carbocycles. The first-order chi connectivity index (χ1) is 14.5. The summed E-state index contributed by atoms with van der Waals surface area (Å²) in [6.07, 6.45) is 1.01. The summed E-state index contributed by atoms with van der Waals surface area (Å²) in [5.74, 6) is 0.972. The van der Waals surface area contributed by atoms with Gasteiger partial charge in [-0.15, -0.1) is 0 Å². The van der Waals surface area contributed by atoms with Gasteiger partial charge in [0.2, 0.25) is 0 Å². The monoisotopic (exact) mass is 430 g/mol. The van der Waals surface area contributed by atoms with Crippen LogP contribution >= 0.6 is 11.8 Å². The zero-order chi connectivity index (χ0) is 21.8. The van der Waals surface area contributed by atoms with Crippen molar-refractivity contribution < 1.29 is 19.8 Å². The SMILES string of the molecule is CC(=O)O.O=C(c1ccc(-c2ccc(CSCCO)cc2)cc1)N1CCCNCC1. The minimum absolute atomic E-state index is 0.122. The van der Waals surface area contributed by atoms with E-state index in [1.165, 1.54) is 5.56 Å². The first-order valence-electron chi connectivity index (χ1n) is 10.1. The van der Waals surface area contributed by atoms with Crippen LogP contribution in [-0.2, 0) is 10.5 Å². The highest BCUT2D eigenvalue weighted by molar-refractivity contribution is 7.98. The number of rotatable bonds is 6. The summed E-state index contributed by atoms with van der Waals surface area (Å²) in [5, 5.41) is 19.6. The number of carboxylic acid groups (broad SMARTS) is 1. The fourth-order valence-electron chi connectivity index (χ4n) is 3.08. The fourth-order valence-corrected chi connectivity index (χ4v) is 3.79. The Morgan fingerprint density at radius 1 is 1.00 bits per heavy atom. The molecule has 1 fully saturated rings. The predicted molar refractivity (Wildman–Crippen MR) is 122 cm³/mol. The standard InChI is InChI=1S/C21H26N2O2S.C2H4O2/c24-14-15-26-16-17-2-4-18(5-3-17)19-6-8-20(9-7-19)21(25)23-12-1-10-22-11-13-23;1-2(3)4/h2-9,22,24H,1,10-16H2;1H3,(H,3,4). The Hall–Kier alpha value is -2.35. The molecule has 0 bridgehead atoms. The lowest BCUT2D eigenvalue weighted by molar-refractivity contribution is -0.134. The molecular weight excluding hydrogens is 400 g/mol. The Balaban J connectivity index is 0.000000735. The molecule has 162 valence electrons. The van der Waals surface area contributed by atoms with E-state index in [0.717, 1.165) is 67.7 Å². The van der Waals surface area contributed by atoms with Crippen molar-refractivity contribution in [3.05, 3.63) is 59.7 Å². The van der Waals surface area contributed by atoms with Gasteiger partial charge in [0.1, 0.15) is 0 Å². The summed E-state index contributed by atoms with van der Waals surface area (Å²) in [6.45, 7) is 4.76. The average molecular weight is 431 g/mol. The predicted octanol–water partition coefficient (Wildman–Crippen LogP) is 3.11. The summed E-state index contributed by atoms with van der Waals surface area (Å²) in [5.41, 5.74) is 4.29. The number of amides is 1. The highest BCUT2D eigenvalue weighted by Crippen LogP contribution is 2.22. The van der Waals surface area contributed by atoms with Crippen LogP contribution in [0.3, 0.4) is 0 Å². The second kappa shape index (κ2) is 13.1. The van der Waals surface area contributed by atoms with Gasteiger partial charge in [0.25, 0.3) is 11.9 Å². The van der Waals surface area contributed by atoms with Gasteiger partial charge in [-0.25, -0.2) is 0 Å². The number of hydrogen-bond donors (Lipinski definition) is 3. The van der Waals surface area contributed by atoms with E-state index in [0.29, 0.717) is 0 Å². The molecule has 0 atom stereocenters.